The van der Waals surface area contributed by atoms with Crippen LogP contribution in [0.3, 0.4) is 0 Å². The summed E-state index contributed by atoms with van der Waals surface area (Å²) in [5.41, 5.74) is 1.05. The smallest absolute Gasteiger partial charge is 0.133 e. The van der Waals surface area contributed by atoms with Crippen LogP contribution in [0.4, 0.5) is 0 Å². The van der Waals surface area contributed by atoms with Gasteiger partial charge in [0.05, 0.1) is 5.01 Å². The highest BCUT2D eigenvalue weighted by atomic mass is 32.1. The van der Waals surface area contributed by atoms with Crippen LogP contribution in [0, 0.1) is 18.8 Å². The number of nitrogens with zero attached hydrogens (tertiary/aromatic N) is 1. The Labute approximate surface area is 89.4 Å². The first-order valence-electron chi connectivity index (χ1n) is 4.92. The van der Waals surface area contributed by atoms with Crippen LogP contribution in [-0.4, -0.2) is 10.8 Å². The van der Waals surface area contributed by atoms with Crippen molar-refractivity contribution in [1.29, 1.82) is 0 Å². The Hall–Kier alpha value is -0.700. The van der Waals surface area contributed by atoms with E-state index in [2.05, 4.69) is 18.8 Å². The van der Waals surface area contributed by atoms with Crippen molar-refractivity contribution in [3.8, 4) is 0 Å². The van der Waals surface area contributed by atoms with E-state index in [1.54, 1.807) is 18.3 Å². The molecule has 14 heavy (non-hydrogen) atoms. The van der Waals surface area contributed by atoms with Gasteiger partial charge in [-0.25, -0.2) is 4.98 Å². The molecule has 3 heteroatoms. The Balaban J connectivity index is 2.69. The van der Waals surface area contributed by atoms with Gasteiger partial charge >= 0.3 is 0 Å². The molecule has 1 heterocycles. The van der Waals surface area contributed by atoms with Crippen molar-refractivity contribution in [2.24, 2.45) is 11.8 Å². The SMILES string of the molecule is CC(=O)C(Cc1nc(C)cs1)C(C)C. The Morgan fingerprint density at radius 2 is 2.21 bits per heavy atom. The maximum Gasteiger partial charge on any atom is 0.133 e. The van der Waals surface area contributed by atoms with Gasteiger partial charge in [0.2, 0.25) is 0 Å². The lowest BCUT2D eigenvalue weighted by Crippen LogP contribution is -2.20. The zero-order valence-corrected chi connectivity index (χ0v) is 10.0. The number of rotatable bonds is 4. The molecular weight excluding hydrogens is 194 g/mol. The van der Waals surface area contributed by atoms with Crippen molar-refractivity contribution in [3.05, 3.63) is 16.1 Å². The molecule has 2 nitrogen and oxygen atoms in total. The van der Waals surface area contributed by atoms with E-state index in [-0.39, 0.29) is 11.7 Å². The van der Waals surface area contributed by atoms with Crippen LogP contribution in [0.2, 0.25) is 0 Å². The molecule has 0 N–H and O–H groups in total. The fourth-order valence-electron chi connectivity index (χ4n) is 1.53. The molecule has 0 amide bonds. The van der Waals surface area contributed by atoms with E-state index in [0.29, 0.717) is 5.92 Å². The third-order valence-electron chi connectivity index (χ3n) is 2.39. The van der Waals surface area contributed by atoms with Crippen LogP contribution in [0.15, 0.2) is 5.38 Å². The number of hydrogen-bond donors (Lipinski definition) is 0. The lowest BCUT2D eigenvalue weighted by Gasteiger charge is -2.15. The molecule has 0 aliphatic rings. The van der Waals surface area contributed by atoms with Gasteiger partial charge in [-0.1, -0.05) is 13.8 Å². The van der Waals surface area contributed by atoms with Crippen LogP contribution in [0.5, 0.6) is 0 Å². The van der Waals surface area contributed by atoms with Crippen molar-refractivity contribution in [3.63, 3.8) is 0 Å². The highest BCUT2D eigenvalue weighted by Gasteiger charge is 2.19. The second-order valence-electron chi connectivity index (χ2n) is 4.05. The second-order valence-corrected chi connectivity index (χ2v) is 4.99. The van der Waals surface area contributed by atoms with E-state index in [0.717, 1.165) is 17.1 Å². The molecule has 0 fully saturated rings. The molecule has 1 unspecified atom stereocenters. The van der Waals surface area contributed by atoms with Crippen LogP contribution >= 0.6 is 11.3 Å². The summed E-state index contributed by atoms with van der Waals surface area (Å²) < 4.78 is 0. The van der Waals surface area contributed by atoms with Gasteiger partial charge in [-0.3, -0.25) is 4.79 Å². The fourth-order valence-corrected chi connectivity index (χ4v) is 2.37. The van der Waals surface area contributed by atoms with Crippen molar-refractivity contribution in [1.82, 2.24) is 4.98 Å². The number of carbonyl (C=O) groups excluding carboxylic acids is 1. The average Bonchev–Trinajstić information content (AvgIpc) is 2.46. The lowest BCUT2D eigenvalue weighted by atomic mass is 9.89. The third-order valence-corrected chi connectivity index (χ3v) is 3.38. The van der Waals surface area contributed by atoms with Crippen LogP contribution in [0.25, 0.3) is 0 Å². The average molecular weight is 211 g/mol. The minimum Gasteiger partial charge on any atom is -0.300 e. The zero-order chi connectivity index (χ0) is 10.7. The summed E-state index contributed by atoms with van der Waals surface area (Å²) in [5, 5.41) is 3.11. The molecular formula is C11H17NOS. The van der Waals surface area contributed by atoms with E-state index in [4.69, 9.17) is 0 Å². The summed E-state index contributed by atoms with van der Waals surface area (Å²) in [6, 6.07) is 0. The van der Waals surface area contributed by atoms with E-state index in [9.17, 15) is 4.79 Å². The molecule has 1 atom stereocenters. The normalized spacial score (nSPS) is 13.2. The highest BCUT2D eigenvalue weighted by molar-refractivity contribution is 7.09. The minimum atomic E-state index is 0.126. The van der Waals surface area contributed by atoms with Gasteiger partial charge in [0, 0.05) is 23.4 Å². The van der Waals surface area contributed by atoms with Gasteiger partial charge in [0.25, 0.3) is 0 Å². The molecule has 78 valence electrons. The van der Waals surface area contributed by atoms with Crippen molar-refractivity contribution in [2.75, 3.05) is 0 Å². The van der Waals surface area contributed by atoms with Gasteiger partial charge in [-0.15, -0.1) is 11.3 Å². The number of aryl methyl sites for hydroxylation is 1. The Morgan fingerprint density at radius 1 is 1.57 bits per heavy atom. The summed E-state index contributed by atoms with van der Waals surface area (Å²) >= 11 is 1.65. The molecule has 0 spiro atoms. The zero-order valence-electron chi connectivity index (χ0n) is 9.20. The highest BCUT2D eigenvalue weighted by Crippen LogP contribution is 2.20. The van der Waals surface area contributed by atoms with Crippen LogP contribution in [0.1, 0.15) is 31.5 Å². The van der Waals surface area contributed by atoms with E-state index < -0.39 is 0 Å². The minimum absolute atomic E-state index is 0.126. The first-order chi connectivity index (χ1) is 6.50. The molecule has 1 aromatic heterocycles. The summed E-state index contributed by atoms with van der Waals surface area (Å²) in [6.07, 6.45) is 0.797. The molecule has 0 saturated heterocycles. The lowest BCUT2D eigenvalue weighted by molar-refractivity contribution is -0.121. The molecule has 0 aliphatic carbocycles. The first-order valence-corrected chi connectivity index (χ1v) is 5.80. The quantitative estimate of drug-likeness (QED) is 0.766. The number of thiazole rings is 1. The van der Waals surface area contributed by atoms with Gasteiger partial charge < -0.3 is 0 Å². The number of carbonyl (C=O) groups is 1. The van der Waals surface area contributed by atoms with Gasteiger partial charge in [0.1, 0.15) is 5.78 Å². The maximum absolute atomic E-state index is 11.4. The first kappa shape index (κ1) is 11.4. The number of aromatic nitrogens is 1. The van der Waals surface area contributed by atoms with E-state index >= 15 is 0 Å². The molecule has 0 radical (unpaired) electrons. The molecule has 1 aromatic rings. The Kier molecular flexibility index (Phi) is 3.81. The second kappa shape index (κ2) is 4.69. The topological polar surface area (TPSA) is 30.0 Å². The maximum atomic E-state index is 11.4. The van der Waals surface area contributed by atoms with E-state index in [1.807, 2.05) is 12.3 Å². The molecule has 0 aliphatic heterocycles. The van der Waals surface area contributed by atoms with Gasteiger partial charge in [0.15, 0.2) is 0 Å². The van der Waals surface area contributed by atoms with Crippen molar-refractivity contribution >= 4 is 17.1 Å². The molecule has 0 bridgehead atoms. The van der Waals surface area contributed by atoms with E-state index in [1.165, 1.54) is 0 Å². The molecule has 0 aromatic carbocycles. The number of hydrogen-bond acceptors (Lipinski definition) is 3. The van der Waals surface area contributed by atoms with Crippen molar-refractivity contribution in [2.45, 2.75) is 34.1 Å². The predicted octanol–water partition coefficient (Wildman–Crippen LogP) is 2.86. The van der Waals surface area contributed by atoms with Crippen molar-refractivity contribution < 1.29 is 4.79 Å². The fraction of sp³-hybridized carbons (Fsp3) is 0.636. The number of Topliss-reactive ketones (excluding diaryl/α,β-unsaturated/α-hetero) is 1. The Morgan fingerprint density at radius 3 is 2.57 bits per heavy atom. The summed E-state index contributed by atoms with van der Waals surface area (Å²) in [7, 11) is 0. The van der Waals surface area contributed by atoms with Crippen LogP contribution in [-0.2, 0) is 11.2 Å². The third kappa shape index (κ3) is 2.91. The summed E-state index contributed by atoms with van der Waals surface area (Å²) in [5.74, 6) is 0.796. The summed E-state index contributed by atoms with van der Waals surface area (Å²) in [6.45, 7) is 7.84. The van der Waals surface area contributed by atoms with Gasteiger partial charge in [-0.2, -0.15) is 0 Å². The molecule has 0 saturated carbocycles. The standard InChI is InChI=1S/C11H17NOS/c1-7(2)10(9(4)13)5-11-12-8(3)6-14-11/h6-7,10H,5H2,1-4H3. The largest absolute Gasteiger partial charge is 0.300 e. The summed E-state index contributed by atoms with van der Waals surface area (Å²) in [4.78, 5) is 15.8. The Bertz CT molecular complexity index is 317. The molecule has 1 rings (SSSR count). The predicted molar refractivity (Wildman–Crippen MR) is 59.6 cm³/mol. The van der Waals surface area contributed by atoms with Gasteiger partial charge in [-0.05, 0) is 19.8 Å². The van der Waals surface area contributed by atoms with Crippen LogP contribution < -0.4 is 0 Å². The monoisotopic (exact) mass is 211 g/mol. The number of ketones is 1.